The van der Waals surface area contributed by atoms with E-state index in [2.05, 4.69) is 10.3 Å². The van der Waals surface area contributed by atoms with Gasteiger partial charge in [-0.2, -0.15) is 0 Å². The van der Waals surface area contributed by atoms with E-state index in [-0.39, 0.29) is 0 Å². The van der Waals surface area contributed by atoms with Gasteiger partial charge < -0.3 is 15.3 Å². The number of rotatable bonds is 2. The molecule has 1 saturated heterocycles. The summed E-state index contributed by atoms with van der Waals surface area (Å²) in [7, 11) is 0. The average Bonchev–Trinajstić information content (AvgIpc) is 2.77. The van der Waals surface area contributed by atoms with Crippen molar-refractivity contribution in [1.82, 2.24) is 9.88 Å². The SMILES string of the molecule is Cc1cncc(NC(=O)N2CSC[C@H]2C(=O)O)c1. The van der Waals surface area contributed by atoms with Gasteiger partial charge >= 0.3 is 12.0 Å². The quantitative estimate of drug-likeness (QED) is 0.846. The van der Waals surface area contributed by atoms with E-state index in [1.54, 1.807) is 12.3 Å². The van der Waals surface area contributed by atoms with Gasteiger partial charge in [-0.1, -0.05) is 0 Å². The topological polar surface area (TPSA) is 82.5 Å². The number of aromatic nitrogens is 1. The van der Waals surface area contributed by atoms with Crippen molar-refractivity contribution in [2.24, 2.45) is 0 Å². The van der Waals surface area contributed by atoms with E-state index in [9.17, 15) is 9.59 Å². The number of urea groups is 1. The number of carbonyl (C=O) groups excluding carboxylic acids is 1. The number of pyridine rings is 1. The van der Waals surface area contributed by atoms with Gasteiger partial charge in [0.15, 0.2) is 0 Å². The van der Waals surface area contributed by atoms with Crippen LogP contribution in [0.15, 0.2) is 18.5 Å². The molecule has 18 heavy (non-hydrogen) atoms. The van der Waals surface area contributed by atoms with Crippen molar-refractivity contribution >= 4 is 29.4 Å². The number of anilines is 1. The van der Waals surface area contributed by atoms with Gasteiger partial charge in [0.1, 0.15) is 6.04 Å². The lowest BCUT2D eigenvalue weighted by atomic mass is 10.3. The molecule has 7 heteroatoms. The molecule has 2 heterocycles. The molecule has 1 aliphatic rings. The highest BCUT2D eigenvalue weighted by Crippen LogP contribution is 2.22. The third-order valence-electron chi connectivity index (χ3n) is 2.55. The molecule has 0 unspecified atom stereocenters. The number of amides is 2. The molecular formula is C11H13N3O3S. The first-order chi connectivity index (χ1) is 8.58. The Morgan fingerprint density at radius 1 is 1.56 bits per heavy atom. The second kappa shape index (κ2) is 5.26. The fraction of sp³-hybridized carbons (Fsp3) is 0.364. The summed E-state index contributed by atoms with van der Waals surface area (Å²) < 4.78 is 0. The molecule has 6 nitrogen and oxygen atoms in total. The number of carboxylic acids is 1. The fourth-order valence-corrected chi connectivity index (χ4v) is 2.81. The minimum Gasteiger partial charge on any atom is -0.480 e. The Morgan fingerprint density at radius 2 is 2.33 bits per heavy atom. The highest BCUT2D eigenvalue weighted by Gasteiger charge is 2.34. The van der Waals surface area contributed by atoms with Crippen LogP contribution >= 0.6 is 11.8 Å². The van der Waals surface area contributed by atoms with Gasteiger partial charge in [-0.05, 0) is 18.6 Å². The Morgan fingerprint density at radius 3 is 3.00 bits per heavy atom. The van der Waals surface area contributed by atoms with E-state index in [4.69, 9.17) is 5.11 Å². The van der Waals surface area contributed by atoms with Gasteiger partial charge in [0.05, 0.1) is 17.8 Å². The summed E-state index contributed by atoms with van der Waals surface area (Å²) in [5, 5.41) is 11.7. The maximum absolute atomic E-state index is 12.0. The smallest absolute Gasteiger partial charge is 0.327 e. The number of carboxylic acid groups (broad SMARTS) is 1. The highest BCUT2D eigenvalue weighted by atomic mass is 32.2. The number of nitrogens with one attached hydrogen (secondary N) is 1. The van der Waals surface area contributed by atoms with Crippen LogP contribution in [0.4, 0.5) is 10.5 Å². The van der Waals surface area contributed by atoms with Crippen LogP contribution in [0.2, 0.25) is 0 Å². The fourth-order valence-electron chi connectivity index (χ4n) is 1.67. The molecule has 0 spiro atoms. The molecule has 2 amide bonds. The van der Waals surface area contributed by atoms with E-state index in [1.807, 2.05) is 6.92 Å². The van der Waals surface area contributed by atoms with Crippen molar-refractivity contribution in [3.8, 4) is 0 Å². The van der Waals surface area contributed by atoms with Crippen molar-refractivity contribution in [2.75, 3.05) is 16.9 Å². The zero-order chi connectivity index (χ0) is 13.1. The summed E-state index contributed by atoms with van der Waals surface area (Å²) in [6.07, 6.45) is 3.21. The largest absolute Gasteiger partial charge is 0.480 e. The van der Waals surface area contributed by atoms with E-state index in [0.717, 1.165) is 5.56 Å². The Balaban J connectivity index is 2.06. The van der Waals surface area contributed by atoms with Gasteiger partial charge in [-0.25, -0.2) is 9.59 Å². The van der Waals surface area contributed by atoms with Gasteiger partial charge in [0.25, 0.3) is 0 Å². The number of thioether (sulfide) groups is 1. The third-order valence-corrected chi connectivity index (χ3v) is 3.57. The molecule has 2 rings (SSSR count). The van der Waals surface area contributed by atoms with Crippen molar-refractivity contribution < 1.29 is 14.7 Å². The normalized spacial score (nSPS) is 18.7. The predicted octanol–water partition coefficient (Wildman–Crippen LogP) is 1.38. The maximum atomic E-state index is 12.0. The minimum atomic E-state index is -0.975. The highest BCUT2D eigenvalue weighted by molar-refractivity contribution is 7.99. The summed E-state index contributed by atoms with van der Waals surface area (Å²) in [5.74, 6) is -0.158. The lowest BCUT2D eigenvalue weighted by Gasteiger charge is -2.20. The van der Waals surface area contributed by atoms with Crippen molar-refractivity contribution in [3.05, 3.63) is 24.0 Å². The number of nitrogens with zero attached hydrogens (tertiary/aromatic N) is 2. The van der Waals surface area contributed by atoms with Crippen molar-refractivity contribution in [2.45, 2.75) is 13.0 Å². The third kappa shape index (κ3) is 2.73. The van der Waals surface area contributed by atoms with Gasteiger partial charge in [-0.3, -0.25) is 4.98 Å². The number of hydrogen-bond acceptors (Lipinski definition) is 4. The molecule has 0 aliphatic carbocycles. The number of aryl methyl sites for hydroxylation is 1. The standard InChI is InChI=1S/C11H13N3O3S/c1-7-2-8(4-12-3-7)13-11(17)14-6-18-5-9(14)10(15)16/h2-4,9H,5-6H2,1H3,(H,13,17)(H,15,16)/t9-/m0/s1. The Bertz CT molecular complexity index is 480. The molecule has 1 atom stereocenters. The zero-order valence-corrected chi connectivity index (χ0v) is 10.6. The first-order valence-corrected chi connectivity index (χ1v) is 6.53. The van der Waals surface area contributed by atoms with Crippen LogP contribution in [0, 0.1) is 6.92 Å². The monoisotopic (exact) mass is 267 g/mol. The first-order valence-electron chi connectivity index (χ1n) is 5.38. The van der Waals surface area contributed by atoms with Crippen LogP contribution in [-0.4, -0.2) is 44.7 Å². The molecular weight excluding hydrogens is 254 g/mol. The Kier molecular flexibility index (Phi) is 3.71. The predicted molar refractivity (Wildman–Crippen MR) is 68.6 cm³/mol. The molecule has 0 radical (unpaired) electrons. The number of carbonyl (C=O) groups is 2. The Labute approximate surface area is 108 Å². The second-order valence-electron chi connectivity index (χ2n) is 4.00. The van der Waals surface area contributed by atoms with Gasteiger partial charge in [-0.15, -0.1) is 11.8 Å². The van der Waals surface area contributed by atoms with E-state index in [0.29, 0.717) is 17.3 Å². The van der Waals surface area contributed by atoms with Crippen LogP contribution in [0.5, 0.6) is 0 Å². The summed E-state index contributed by atoms with van der Waals surface area (Å²) in [6.45, 7) is 1.87. The molecule has 0 saturated carbocycles. The van der Waals surface area contributed by atoms with Crippen molar-refractivity contribution in [1.29, 1.82) is 0 Å². The molecule has 0 aromatic carbocycles. The first kappa shape index (κ1) is 12.7. The molecule has 1 fully saturated rings. The molecule has 2 N–H and O–H groups in total. The van der Waals surface area contributed by atoms with Gasteiger partial charge in [0, 0.05) is 11.9 Å². The summed E-state index contributed by atoms with van der Waals surface area (Å²) in [4.78, 5) is 28.2. The molecule has 1 aromatic heterocycles. The number of hydrogen-bond donors (Lipinski definition) is 2. The lowest BCUT2D eigenvalue weighted by Crippen LogP contribution is -2.43. The van der Waals surface area contributed by atoms with Crippen LogP contribution in [0.1, 0.15) is 5.56 Å². The molecule has 1 aliphatic heterocycles. The van der Waals surface area contributed by atoms with E-state index in [1.165, 1.54) is 22.9 Å². The maximum Gasteiger partial charge on any atom is 0.327 e. The zero-order valence-electron chi connectivity index (χ0n) is 9.79. The van der Waals surface area contributed by atoms with E-state index < -0.39 is 18.0 Å². The average molecular weight is 267 g/mol. The van der Waals surface area contributed by atoms with Crippen LogP contribution in [-0.2, 0) is 4.79 Å². The number of aliphatic carboxylic acids is 1. The van der Waals surface area contributed by atoms with Crippen LogP contribution in [0.25, 0.3) is 0 Å². The summed E-state index contributed by atoms with van der Waals surface area (Å²) >= 11 is 1.43. The van der Waals surface area contributed by atoms with E-state index >= 15 is 0 Å². The molecule has 96 valence electrons. The summed E-state index contributed by atoms with van der Waals surface area (Å²) in [5.41, 5.74) is 1.50. The van der Waals surface area contributed by atoms with Crippen LogP contribution in [0.3, 0.4) is 0 Å². The Hall–Kier alpha value is -1.76. The molecule has 0 bridgehead atoms. The van der Waals surface area contributed by atoms with Crippen molar-refractivity contribution in [3.63, 3.8) is 0 Å². The lowest BCUT2D eigenvalue weighted by molar-refractivity contribution is -0.140. The van der Waals surface area contributed by atoms with Gasteiger partial charge in [0.2, 0.25) is 0 Å². The minimum absolute atomic E-state index is 0.391. The molecule has 1 aromatic rings. The second-order valence-corrected chi connectivity index (χ2v) is 5.00. The summed E-state index contributed by atoms with van der Waals surface area (Å²) in [6, 6.07) is 0.622. The van der Waals surface area contributed by atoms with Crippen LogP contribution < -0.4 is 5.32 Å².